The molecular weight excluding hydrogens is 268 g/mol. The highest BCUT2D eigenvalue weighted by Gasteiger charge is 2.27. The second kappa shape index (κ2) is 8.00. The minimum absolute atomic E-state index is 0.0442. The van der Waals surface area contributed by atoms with Crippen LogP contribution in [0.5, 0.6) is 5.75 Å². The van der Waals surface area contributed by atoms with Crippen molar-refractivity contribution < 1.29 is 14.3 Å². The maximum Gasteiger partial charge on any atom is 0.230 e. The Labute approximate surface area is 126 Å². The van der Waals surface area contributed by atoms with Gasteiger partial charge in [-0.15, -0.1) is 0 Å². The zero-order valence-electron chi connectivity index (χ0n) is 12.6. The first kappa shape index (κ1) is 15.8. The summed E-state index contributed by atoms with van der Waals surface area (Å²) >= 11 is 0. The molecule has 0 bridgehead atoms. The summed E-state index contributed by atoms with van der Waals surface area (Å²) in [6.45, 7) is 2.54. The lowest BCUT2D eigenvalue weighted by Crippen LogP contribution is -2.39. The Morgan fingerprint density at radius 2 is 2.19 bits per heavy atom. The van der Waals surface area contributed by atoms with E-state index in [2.05, 4.69) is 0 Å². The second-order valence-corrected chi connectivity index (χ2v) is 5.22. The van der Waals surface area contributed by atoms with Crippen LogP contribution in [0.25, 0.3) is 0 Å². The summed E-state index contributed by atoms with van der Waals surface area (Å²) < 4.78 is 10.6. The van der Waals surface area contributed by atoms with Gasteiger partial charge in [0.25, 0.3) is 0 Å². The molecule has 0 unspecified atom stereocenters. The smallest absolute Gasteiger partial charge is 0.230 e. The van der Waals surface area contributed by atoms with Crippen LogP contribution in [0, 0.1) is 5.92 Å². The van der Waals surface area contributed by atoms with Gasteiger partial charge >= 0.3 is 0 Å². The average Bonchev–Trinajstić information content (AvgIpc) is 2.56. The van der Waals surface area contributed by atoms with Crippen molar-refractivity contribution in [3.05, 3.63) is 24.3 Å². The summed E-state index contributed by atoms with van der Waals surface area (Å²) in [6.07, 6.45) is 2.37. The fourth-order valence-electron chi connectivity index (χ4n) is 2.56. The van der Waals surface area contributed by atoms with Crippen molar-refractivity contribution in [2.75, 3.05) is 38.3 Å². The number of methoxy groups -OCH3 is 1. The molecule has 0 saturated carbocycles. The number of amides is 1. The lowest BCUT2D eigenvalue weighted by atomic mass is 9.98. The molecular formula is C16H24N2O3. The van der Waals surface area contributed by atoms with Crippen LogP contribution in [0.15, 0.2) is 24.3 Å². The van der Waals surface area contributed by atoms with Crippen molar-refractivity contribution in [1.29, 1.82) is 0 Å². The highest BCUT2D eigenvalue weighted by Crippen LogP contribution is 2.25. The Hall–Kier alpha value is -1.59. The van der Waals surface area contributed by atoms with Gasteiger partial charge in [0.15, 0.2) is 0 Å². The highest BCUT2D eigenvalue weighted by atomic mass is 16.5. The van der Waals surface area contributed by atoms with Crippen LogP contribution >= 0.6 is 0 Å². The number of nitrogens with two attached hydrogens (primary N) is 1. The molecule has 0 aliphatic carbocycles. The monoisotopic (exact) mass is 292 g/mol. The van der Waals surface area contributed by atoms with E-state index >= 15 is 0 Å². The summed E-state index contributed by atoms with van der Waals surface area (Å²) in [5, 5.41) is 0. The van der Waals surface area contributed by atoms with Gasteiger partial charge < -0.3 is 20.1 Å². The van der Waals surface area contributed by atoms with Gasteiger partial charge in [0.2, 0.25) is 5.91 Å². The van der Waals surface area contributed by atoms with Crippen LogP contribution in [-0.4, -0.2) is 39.3 Å². The van der Waals surface area contributed by atoms with Gasteiger partial charge in [-0.1, -0.05) is 6.07 Å². The molecule has 1 fully saturated rings. The van der Waals surface area contributed by atoms with Crippen LogP contribution in [0.4, 0.5) is 5.69 Å². The third-order valence-corrected chi connectivity index (χ3v) is 3.79. The molecule has 1 aliphatic heterocycles. The number of hydrogen-bond acceptors (Lipinski definition) is 4. The number of benzene rings is 1. The van der Waals surface area contributed by atoms with E-state index in [1.807, 2.05) is 29.2 Å². The first-order chi connectivity index (χ1) is 10.3. The fourth-order valence-corrected chi connectivity index (χ4v) is 2.56. The zero-order chi connectivity index (χ0) is 15.1. The van der Waals surface area contributed by atoms with Crippen molar-refractivity contribution in [3.63, 3.8) is 0 Å². The number of hydrogen-bond donors (Lipinski definition) is 1. The lowest BCUT2D eigenvalue weighted by Gasteiger charge is -2.29. The van der Waals surface area contributed by atoms with Gasteiger partial charge in [-0.2, -0.15) is 0 Å². The molecule has 1 amide bonds. The largest absolute Gasteiger partial charge is 0.497 e. The quantitative estimate of drug-likeness (QED) is 0.868. The van der Waals surface area contributed by atoms with E-state index < -0.39 is 0 Å². The van der Waals surface area contributed by atoms with E-state index in [9.17, 15) is 4.79 Å². The highest BCUT2D eigenvalue weighted by molar-refractivity contribution is 5.95. The molecule has 1 aliphatic rings. The topological polar surface area (TPSA) is 64.8 Å². The first-order valence-electron chi connectivity index (χ1n) is 7.49. The molecule has 1 heterocycles. The number of anilines is 1. The molecule has 21 heavy (non-hydrogen) atoms. The number of carbonyl (C=O) groups excluding carboxylic acids is 1. The Bertz CT molecular complexity index is 459. The summed E-state index contributed by atoms with van der Waals surface area (Å²) in [4.78, 5) is 14.6. The van der Waals surface area contributed by atoms with Crippen LogP contribution in [0.1, 0.15) is 19.3 Å². The molecule has 116 valence electrons. The van der Waals surface area contributed by atoms with Crippen molar-refractivity contribution >= 4 is 11.6 Å². The van der Waals surface area contributed by atoms with E-state index in [0.29, 0.717) is 26.3 Å². The standard InChI is InChI=1S/C16H24N2O3/c1-20-15-5-2-4-14(12-15)18(9-3-8-17)16(19)13-6-10-21-11-7-13/h2,4-5,12-13H,3,6-11,17H2,1H3. The predicted molar refractivity (Wildman–Crippen MR) is 82.6 cm³/mol. The molecule has 2 N–H and O–H groups in total. The number of rotatable bonds is 6. The van der Waals surface area contributed by atoms with Crippen molar-refractivity contribution in [1.82, 2.24) is 0 Å². The predicted octanol–water partition coefficient (Wildman–Crippen LogP) is 1.80. The molecule has 0 aromatic heterocycles. The molecule has 0 atom stereocenters. The van der Waals surface area contributed by atoms with Gasteiger partial charge in [0.1, 0.15) is 5.75 Å². The second-order valence-electron chi connectivity index (χ2n) is 5.22. The van der Waals surface area contributed by atoms with Crippen molar-refractivity contribution in [3.8, 4) is 5.75 Å². The Morgan fingerprint density at radius 3 is 2.86 bits per heavy atom. The maximum absolute atomic E-state index is 12.8. The summed E-state index contributed by atoms with van der Waals surface area (Å²) in [5.74, 6) is 0.966. The van der Waals surface area contributed by atoms with Gasteiger partial charge in [0, 0.05) is 37.4 Å². The SMILES string of the molecule is COc1cccc(N(CCCN)C(=O)C2CCOCC2)c1. The maximum atomic E-state index is 12.8. The molecule has 5 heteroatoms. The molecule has 1 aromatic rings. The zero-order valence-corrected chi connectivity index (χ0v) is 12.6. The van der Waals surface area contributed by atoms with Gasteiger partial charge in [0.05, 0.1) is 7.11 Å². The van der Waals surface area contributed by atoms with Crippen molar-refractivity contribution in [2.24, 2.45) is 11.7 Å². The minimum Gasteiger partial charge on any atom is -0.497 e. The van der Waals surface area contributed by atoms with Crippen molar-refractivity contribution in [2.45, 2.75) is 19.3 Å². The first-order valence-corrected chi connectivity index (χ1v) is 7.49. The molecule has 1 aromatic carbocycles. The lowest BCUT2D eigenvalue weighted by molar-refractivity contribution is -0.125. The summed E-state index contributed by atoms with van der Waals surface area (Å²) in [6, 6.07) is 7.62. The van der Waals surface area contributed by atoms with Gasteiger partial charge in [-0.3, -0.25) is 4.79 Å². The van der Waals surface area contributed by atoms with Crippen LogP contribution in [0.2, 0.25) is 0 Å². The van der Waals surface area contributed by atoms with E-state index in [-0.39, 0.29) is 11.8 Å². The van der Waals surface area contributed by atoms with Gasteiger partial charge in [-0.05, 0) is 37.9 Å². The molecule has 0 spiro atoms. The van der Waals surface area contributed by atoms with E-state index in [1.54, 1.807) is 7.11 Å². The third kappa shape index (κ3) is 4.19. The molecule has 0 radical (unpaired) electrons. The minimum atomic E-state index is 0.0442. The van der Waals surface area contributed by atoms with E-state index in [1.165, 1.54) is 0 Å². The molecule has 5 nitrogen and oxygen atoms in total. The van der Waals surface area contributed by atoms with E-state index in [4.69, 9.17) is 15.2 Å². The number of carbonyl (C=O) groups is 1. The number of nitrogens with zero attached hydrogens (tertiary/aromatic N) is 1. The van der Waals surface area contributed by atoms with Crippen LogP contribution in [0.3, 0.4) is 0 Å². The Morgan fingerprint density at radius 1 is 1.43 bits per heavy atom. The van der Waals surface area contributed by atoms with E-state index in [0.717, 1.165) is 30.7 Å². The summed E-state index contributed by atoms with van der Waals surface area (Å²) in [7, 11) is 1.63. The van der Waals surface area contributed by atoms with Crippen LogP contribution in [-0.2, 0) is 9.53 Å². The molecule has 1 saturated heterocycles. The third-order valence-electron chi connectivity index (χ3n) is 3.79. The average molecular weight is 292 g/mol. The molecule has 2 rings (SSSR count). The Balaban J connectivity index is 2.17. The number of ether oxygens (including phenoxy) is 2. The normalized spacial score (nSPS) is 15.7. The fraction of sp³-hybridized carbons (Fsp3) is 0.562. The Kier molecular flexibility index (Phi) is 6.02. The summed E-state index contributed by atoms with van der Waals surface area (Å²) in [5.41, 5.74) is 6.48. The van der Waals surface area contributed by atoms with Gasteiger partial charge in [-0.25, -0.2) is 0 Å². The van der Waals surface area contributed by atoms with Crippen LogP contribution < -0.4 is 15.4 Å².